The summed E-state index contributed by atoms with van der Waals surface area (Å²) in [5, 5.41) is 2.70. The van der Waals surface area contributed by atoms with Gasteiger partial charge in [0.1, 0.15) is 12.1 Å². The van der Waals surface area contributed by atoms with E-state index in [-0.39, 0.29) is 18.2 Å². The third-order valence-corrected chi connectivity index (χ3v) is 4.43. The highest BCUT2D eigenvalue weighted by Gasteiger charge is 2.23. The minimum atomic E-state index is -0.640. The van der Waals surface area contributed by atoms with Crippen molar-refractivity contribution >= 4 is 39.4 Å². The van der Waals surface area contributed by atoms with Gasteiger partial charge in [0, 0.05) is 24.3 Å². The minimum Gasteiger partial charge on any atom is -0.459 e. The first-order valence-electron chi connectivity index (χ1n) is 9.77. The van der Waals surface area contributed by atoms with E-state index in [0.29, 0.717) is 29.0 Å². The quantitative estimate of drug-likeness (QED) is 0.564. The molecule has 9 heteroatoms. The van der Waals surface area contributed by atoms with E-state index in [4.69, 9.17) is 9.15 Å². The molecule has 2 amide bonds. The number of furan rings is 1. The average Bonchev–Trinajstić information content (AvgIpc) is 3.09. The third kappa shape index (κ3) is 8.18. The van der Waals surface area contributed by atoms with E-state index in [2.05, 4.69) is 21.2 Å². The number of hydrogen-bond donors (Lipinski definition) is 1. The van der Waals surface area contributed by atoms with Crippen LogP contribution in [0.4, 0.5) is 5.69 Å². The molecule has 0 aliphatic rings. The van der Waals surface area contributed by atoms with Crippen LogP contribution in [0.15, 0.2) is 45.5 Å². The Kier molecular flexibility index (Phi) is 8.41. The second kappa shape index (κ2) is 10.6. The van der Waals surface area contributed by atoms with E-state index in [9.17, 15) is 14.4 Å². The molecule has 1 aromatic heterocycles. The van der Waals surface area contributed by atoms with Gasteiger partial charge >= 0.3 is 5.97 Å². The second-order valence-electron chi connectivity index (χ2n) is 8.26. The lowest BCUT2D eigenvalue weighted by molar-refractivity contribution is -0.155. The van der Waals surface area contributed by atoms with Crippen molar-refractivity contribution in [3.05, 3.63) is 52.4 Å². The van der Waals surface area contributed by atoms with E-state index in [0.717, 1.165) is 0 Å². The van der Waals surface area contributed by atoms with E-state index >= 15 is 0 Å². The summed E-state index contributed by atoms with van der Waals surface area (Å²) in [7, 11) is 3.78. The predicted octanol–water partition coefficient (Wildman–Crippen LogP) is 3.64. The van der Waals surface area contributed by atoms with Crippen molar-refractivity contribution in [2.45, 2.75) is 26.4 Å². The summed E-state index contributed by atoms with van der Waals surface area (Å²) in [6, 6.07) is 9.70. The van der Waals surface area contributed by atoms with Crippen LogP contribution >= 0.6 is 15.9 Å². The van der Waals surface area contributed by atoms with Gasteiger partial charge < -0.3 is 24.3 Å². The van der Waals surface area contributed by atoms with Crippen molar-refractivity contribution in [3.63, 3.8) is 0 Å². The fourth-order valence-corrected chi connectivity index (χ4v) is 2.95. The number of carbonyl (C=O) groups is 3. The lowest BCUT2D eigenvalue weighted by Crippen LogP contribution is -2.42. The SMILES string of the molecule is CN(C)CCN(CC(=O)OC(C)(C)C)C(=O)c1cccc(NC(=O)c2ccc(Br)o2)c1. The standard InChI is InChI=1S/C22H28BrN3O5/c1-22(2,3)31-19(27)14-26(12-11-25(4)5)21(29)15-7-6-8-16(13-15)24-20(28)17-9-10-18(23)30-17/h6-10,13H,11-12,14H2,1-5H3,(H,24,28). The normalized spacial score (nSPS) is 11.3. The zero-order valence-electron chi connectivity index (χ0n) is 18.4. The number of likely N-dealkylation sites (N-methyl/N-ethyl adjacent to an activating group) is 1. The van der Waals surface area contributed by atoms with Crippen molar-refractivity contribution in [2.24, 2.45) is 0 Å². The monoisotopic (exact) mass is 493 g/mol. The van der Waals surface area contributed by atoms with Crippen LogP contribution in [0.5, 0.6) is 0 Å². The van der Waals surface area contributed by atoms with Gasteiger partial charge in [0.15, 0.2) is 10.4 Å². The average molecular weight is 494 g/mol. The Morgan fingerprint density at radius 1 is 1.10 bits per heavy atom. The van der Waals surface area contributed by atoms with Crippen LogP contribution < -0.4 is 5.32 Å². The Morgan fingerprint density at radius 3 is 2.39 bits per heavy atom. The zero-order valence-corrected chi connectivity index (χ0v) is 20.0. The zero-order chi connectivity index (χ0) is 23.2. The molecule has 0 saturated heterocycles. The molecule has 0 radical (unpaired) electrons. The number of rotatable bonds is 8. The third-order valence-electron chi connectivity index (χ3n) is 4.01. The van der Waals surface area contributed by atoms with Crippen LogP contribution in [0.2, 0.25) is 0 Å². The molecule has 168 valence electrons. The molecule has 2 aromatic rings. The lowest BCUT2D eigenvalue weighted by Gasteiger charge is -2.26. The number of nitrogens with one attached hydrogen (secondary N) is 1. The molecule has 0 fully saturated rings. The van der Waals surface area contributed by atoms with Gasteiger partial charge in [0.25, 0.3) is 11.8 Å². The van der Waals surface area contributed by atoms with Crippen molar-refractivity contribution in [2.75, 3.05) is 39.0 Å². The van der Waals surface area contributed by atoms with Crippen molar-refractivity contribution in [1.82, 2.24) is 9.80 Å². The van der Waals surface area contributed by atoms with Gasteiger partial charge in [-0.15, -0.1) is 0 Å². The van der Waals surface area contributed by atoms with Crippen molar-refractivity contribution in [3.8, 4) is 0 Å². The number of hydrogen-bond acceptors (Lipinski definition) is 6. The Labute approximate surface area is 190 Å². The summed E-state index contributed by atoms with van der Waals surface area (Å²) in [6.07, 6.45) is 0. The topological polar surface area (TPSA) is 92.1 Å². The highest BCUT2D eigenvalue weighted by atomic mass is 79.9. The summed E-state index contributed by atoms with van der Waals surface area (Å²) >= 11 is 3.16. The molecule has 0 spiro atoms. The summed E-state index contributed by atoms with van der Waals surface area (Å²) in [6.45, 7) is 6.10. The number of amides is 2. The number of anilines is 1. The Balaban J connectivity index is 2.16. The first-order valence-corrected chi connectivity index (χ1v) is 10.6. The summed E-state index contributed by atoms with van der Waals surface area (Å²) in [5.41, 5.74) is 0.146. The molecule has 0 aliphatic carbocycles. The largest absolute Gasteiger partial charge is 0.459 e. The Hall–Kier alpha value is -2.65. The number of carbonyl (C=O) groups excluding carboxylic acids is 3. The molecule has 0 saturated carbocycles. The van der Waals surface area contributed by atoms with Crippen LogP contribution in [-0.2, 0) is 9.53 Å². The van der Waals surface area contributed by atoms with Crippen LogP contribution in [-0.4, -0.2) is 66.9 Å². The van der Waals surface area contributed by atoms with E-state index in [1.54, 1.807) is 51.1 Å². The molecule has 0 bridgehead atoms. The molecule has 0 unspecified atom stereocenters. The second-order valence-corrected chi connectivity index (χ2v) is 9.04. The molecular formula is C22H28BrN3O5. The number of ether oxygens (including phenoxy) is 1. The molecule has 1 aromatic carbocycles. The number of esters is 1. The van der Waals surface area contributed by atoms with Gasteiger partial charge in [0.05, 0.1) is 0 Å². The van der Waals surface area contributed by atoms with Crippen molar-refractivity contribution < 1.29 is 23.5 Å². The fraction of sp³-hybridized carbons (Fsp3) is 0.409. The first kappa shape index (κ1) is 24.6. The molecule has 0 atom stereocenters. The van der Waals surface area contributed by atoms with Crippen molar-refractivity contribution in [1.29, 1.82) is 0 Å². The van der Waals surface area contributed by atoms with Crippen LogP contribution in [0.1, 0.15) is 41.7 Å². The van der Waals surface area contributed by atoms with Gasteiger partial charge in [-0.3, -0.25) is 14.4 Å². The van der Waals surface area contributed by atoms with Gasteiger partial charge in [0.2, 0.25) is 0 Å². The highest BCUT2D eigenvalue weighted by Crippen LogP contribution is 2.18. The van der Waals surface area contributed by atoms with E-state index in [1.165, 1.54) is 11.0 Å². The van der Waals surface area contributed by atoms with Gasteiger partial charge in [-0.1, -0.05) is 6.07 Å². The number of halogens is 1. The molecule has 8 nitrogen and oxygen atoms in total. The summed E-state index contributed by atoms with van der Waals surface area (Å²) in [5.74, 6) is -1.10. The maximum atomic E-state index is 13.1. The maximum absolute atomic E-state index is 13.1. The number of benzene rings is 1. The van der Waals surface area contributed by atoms with Crippen LogP contribution in [0.25, 0.3) is 0 Å². The lowest BCUT2D eigenvalue weighted by atomic mass is 10.1. The first-order chi connectivity index (χ1) is 14.4. The van der Waals surface area contributed by atoms with Gasteiger partial charge in [-0.05, 0) is 81.1 Å². The minimum absolute atomic E-state index is 0.140. The van der Waals surface area contributed by atoms with E-state index < -0.39 is 17.5 Å². The Bertz CT molecular complexity index is 933. The fourth-order valence-electron chi connectivity index (χ4n) is 2.64. The van der Waals surface area contributed by atoms with Gasteiger partial charge in [-0.25, -0.2) is 0 Å². The van der Waals surface area contributed by atoms with E-state index in [1.807, 2.05) is 19.0 Å². The molecule has 0 aliphatic heterocycles. The maximum Gasteiger partial charge on any atom is 0.326 e. The predicted molar refractivity (Wildman–Crippen MR) is 121 cm³/mol. The Morgan fingerprint density at radius 2 is 1.81 bits per heavy atom. The summed E-state index contributed by atoms with van der Waals surface area (Å²) in [4.78, 5) is 41.1. The van der Waals surface area contributed by atoms with Crippen LogP contribution in [0, 0.1) is 0 Å². The van der Waals surface area contributed by atoms with Crippen LogP contribution in [0.3, 0.4) is 0 Å². The summed E-state index contributed by atoms with van der Waals surface area (Å²) < 4.78 is 11.1. The van der Waals surface area contributed by atoms with Gasteiger partial charge in [-0.2, -0.15) is 0 Å². The molecule has 1 N–H and O–H groups in total. The molecule has 2 rings (SSSR count). The molecular weight excluding hydrogens is 466 g/mol. The molecule has 1 heterocycles. The number of nitrogens with zero attached hydrogens (tertiary/aromatic N) is 2. The smallest absolute Gasteiger partial charge is 0.326 e. The highest BCUT2D eigenvalue weighted by molar-refractivity contribution is 9.10. The molecule has 31 heavy (non-hydrogen) atoms.